The topological polar surface area (TPSA) is 79.0 Å². The van der Waals surface area contributed by atoms with E-state index in [1.807, 2.05) is 14.1 Å². The van der Waals surface area contributed by atoms with Gasteiger partial charge in [-0.15, -0.1) is 0 Å². The highest BCUT2D eigenvalue weighted by atomic mass is 32.2. The van der Waals surface area contributed by atoms with Gasteiger partial charge in [0.25, 0.3) is 0 Å². The lowest BCUT2D eigenvalue weighted by Crippen LogP contribution is -2.40. The lowest BCUT2D eigenvalue weighted by atomic mass is 10.0. The van der Waals surface area contributed by atoms with Gasteiger partial charge in [0.05, 0.1) is 24.7 Å². The predicted molar refractivity (Wildman–Crippen MR) is 121 cm³/mol. The summed E-state index contributed by atoms with van der Waals surface area (Å²) in [5.41, 5.74) is 2.77. The minimum Gasteiger partial charge on any atom is -0.379 e. The molecule has 0 radical (unpaired) electrons. The number of aryl methyl sites for hydroxylation is 1. The molecule has 0 amide bonds. The molecule has 1 N–H and O–H groups in total. The quantitative estimate of drug-likeness (QED) is 0.596. The average Bonchev–Trinajstić information content (AvgIpc) is 2.78. The van der Waals surface area contributed by atoms with Crippen LogP contribution in [0.4, 0.5) is 0 Å². The lowest BCUT2D eigenvalue weighted by Gasteiger charge is -2.26. The van der Waals surface area contributed by atoms with Gasteiger partial charge >= 0.3 is 0 Å². The molecular weight excluding hydrogens is 414 g/mol. The van der Waals surface area contributed by atoms with Crippen molar-refractivity contribution in [3.05, 3.63) is 65.2 Å². The Balaban J connectivity index is 1.64. The van der Waals surface area contributed by atoms with Gasteiger partial charge < -0.3 is 15.0 Å². The number of morpholine rings is 1. The number of rotatable bonds is 9. The van der Waals surface area contributed by atoms with E-state index >= 15 is 0 Å². The number of benzene rings is 2. The van der Waals surface area contributed by atoms with Crippen LogP contribution in [-0.2, 0) is 14.8 Å². The monoisotopic (exact) mass is 445 g/mol. The third kappa shape index (κ3) is 5.99. The SMILES string of the molecule is Cc1ccc(C(CNCC(=O)c2cccc(S(=O)(=O)N3CCOCC3)c2)N(C)C)cc1. The molecule has 0 saturated carbocycles. The second kappa shape index (κ2) is 10.5. The first-order valence-electron chi connectivity index (χ1n) is 10.4. The summed E-state index contributed by atoms with van der Waals surface area (Å²) in [5, 5.41) is 3.23. The molecule has 0 aliphatic carbocycles. The molecule has 1 fully saturated rings. The summed E-state index contributed by atoms with van der Waals surface area (Å²) >= 11 is 0. The molecule has 168 valence electrons. The molecule has 7 nitrogen and oxygen atoms in total. The Kier molecular flexibility index (Phi) is 7.96. The Labute approximate surface area is 185 Å². The van der Waals surface area contributed by atoms with Gasteiger partial charge in [-0.3, -0.25) is 4.79 Å². The van der Waals surface area contributed by atoms with Crippen molar-refractivity contribution in [3.63, 3.8) is 0 Å². The minimum absolute atomic E-state index is 0.126. The molecule has 1 aliphatic rings. The van der Waals surface area contributed by atoms with Gasteiger partial charge in [-0.25, -0.2) is 8.42 Å². The highest BCUT2D eigenvalue weighted by molar-refractivity contribution is 7.89. The van der Waals surface area contributed by atoms with Crippen molar-refractivity contribution >= 4 is 15.8 Å². The molecule has 31 heavy (non-hydrogen) atoms. The van der Waals surface area contributed by atoms with E-state index in [4.69, 9.17) is 4.74 Å². The van der Waals surface area contributed by atoms with Crippen molar-refractivity contribution in [2.45, 2.75) is 17.9 Å². The average molecular weight is 446 g/mol. The number of carbonyl (C=O) groups is 1. The summed E-state index contributed by atoms with van der Waals surface area (Å²) in [7, 11) is 0.387. The van der Waals surface area contributed by atoms with E-state index in [9.17, 15) is 13.2 Å². The van der Waals surface area contributed by atoms with Crippen LogP contribution < -0.4 is 5.32 Å². The summed E-state index contributed by atoms with van der Waals surface area (Å²) in [6, 6.07) is 14.8. The zero-order chi connectivity index (χ0) is 22.4. The third-order valence-electron chi connectivity index (χ3n) is 5.47. The number of Topliss-reactive ketones (excluding diaryl/α,β-unsaturated/α-hetero) is 1. The highest BCUT2D eigenvalue weighted by Gasteiger charge is 2.26. The smallest absolute Gasteiger partial charge is 0.243 e. The first-order chi connectivity index (χ1) is 14.8. The van der Waals surface area contributed by atoms with Gasteiger partial charge in [0.1, 0.15) is 0 Å². The van der Waals surface area contributed by atoms with Crippen molar-refractivity contribution in [1.29, 1.82) is 0 Å². The second-order valence-corrected chi connectivity index (χ2v) is 9.93. The van der Waals surface area contributed by atoms with Crippen LogP contribution in [0, 0.1) is 6.92 Å². The van der Waals surface area contributed by atoms with Crippen LogP contribution in [0.2, 0.25) is 0 Å². The van der Waals surface area contributed by atoms with Gasteiger partial charge in [-0.05, 0) is 38.7 Å². The lowest BCUT2D eigenvalue weighted by molar-refractivity contribution is 0.0730. The number of sulfonamides is 1. The standard InChI is InChI=1S/C23H31N3O4S/c1-18-7-9-19(10-8-18)22(25(2)3)16-24-17-23(27)20-5-4-6-21(15-20)31(28,29)26-11-13-30-14-12-26/h4-10,15,22,24H,11-14,16-17H2,1-3H3. The van der Waals surface area contributed by atoms with Crippen molar-refractivity contribution < 1.29 is 17.9 Å². The zero-order valence-electron chi connectivity index (χ0n) is 18.4. The Morgan fingerprint density at radius 1 is 1.13 bits per heavy atom. The van der Waals surface area contributed by atoms with E-state index in [0.717, 1.165) is 0 Å². The number of hydrogen-bond donors (Lipinski definition) is 1. The number of nitrogens with zero attached hydrogens (tertiary/aromatic N) is 2. The van der Waals surface area contributed by atoms with Crippen molar-refractivity contribution in [3.8, 4) is 0 Å². The van der Waals surface area contributed by atoms with E-state index in [0.29, 0.717) is 38.4 Å². The summed E-state index contributed by atoms with van der Waals surface area (Å²) in [6.45, 7) is 4.22. The number of likely N-dealkylation sites (N-methyl/N-ethyl adjacent to an activating group) is 1. The van der Waals surface area contributed by atoms with Gasteiger partial charge in [-0.2, -0.15) is 4.31 Å². The normalized spacial score (nSPS) is 16.4. The van der Waals surface area contributed by atoms with Crippen molar-refractivity contribution in [2.75, 3.05) is 53.5 Å². The Hall–Kier alpha value is -2.10. The van der Waals surface area contributed by atoms with E-state index < -0.39 is 10.0 Å². The van der Waals surface area contributed by atoms with Crippen molar-refractivity contribution in [1.82, 2.24) is 14.5 Å². The van der Waals surface area contributed by atoms with Crippen LogP contribution in [0.1, 0.15) is 27.5 Å². The number of carbonyl (C=O) groups excluding carboxylic acids is 1. The highest BCUT2D eigenvalue weighted by Crippen LogP contribution is 2.20. The second-order valence-electron chi connectivity index (χ2n) is 7.99. The van der Waals surface area contributed by atoms with Crippen LogP contribution in [0.15, 0.2) is 53.4 Å². The third-order valence-corrected chi connectivity index (χ3v) is 7.37. The summed E-state index contributed by atoms with van der Waals surface area (Å²) in [5.74, 6) is -0.138. The summed E-state index contributed by atoms with van der Waals surface area (Å²) in [4.78, 5) is 15.0. The van der Waals surface area contributed by atoms with Crippen LogP contribution in [-0.4, -0.2) is 76.9 Å². The Bertz CT molecular complexity index is 984. The number of ether oxygens (including phenoxy) is 1. The van der Waals surface area contributed by atoms with Crippen LogP contribution in [0.5, 0.6) is 0 Å². The van der Waals surface area contributed by atoms with E-state index in [2.05, 4.69) is 41.4 Å². The Morgan fingerprint density at radius 3 is 2.45 bits per heavy atom. The van der Waals surface area contributed by atoms with E-state index in [1.165, 1.54) is 27.6 Å². The zero-order valence-corrected chi connectivity index (χ0v) is 19.2. The molecule has 1 heterocycles. The molecule has 0 bridgehead atoms. The number of hydrogen-bond acceptors (Lipinski definition) is 6. The fraction of sp³-hybridized carbons (Fsp3) is 0.435. The van der Waals surface area contributed by atoms with Crippen molar-refractivity contribution in [2.24, 2.45) is 0 Å². The molecule has 1 saturated heterocycles. The van der Waals surface area contributed by atoms with Gasteiger partial charge in [0, 0.05) is 31.2 Å². The molecule has 1 aliphatic heterocycles. The number of ketones is 1. The molecule has 0 spiro atoms. The molecule has 0 aromatic heterocycles. The van der Waals surface area contributed by atoms with E-state index in [1.54, 1.807) is 12.1 Å². The van der Waals surface area contributed by atoms with Crippen LogP contribution in [0.3, 0.4) is 0 Å². The van der Waals surface area contributed by atoms with Gasteiger partial charge in [0.2, 0.25) is 10.0 Å². The summed E-state index contributed by atoms with van der Waals surface area (Å²) < 4.78 is 32.4. The fourth-order valence-electron chi connectivity index (χ4n) is 3.58. The molecular formula is C23H31N3O4S. The van der Waals surface area contributed by atoms with Gasteiger partial charge in [-0.1, -0.05) is 42.0 Å². The fourth-order valence-corrected chi connectivity index (χ4v) is 5.03. The molecule has 1 unspecified atom stereocenters. The van der Waals surface area contributed by atoms with E-state index in [-0.39, 0.29) is 23.3 Å². The first kappa shape index (κ1) is 23.6. The number of nitrogens with one attached hydrogen (secondary N) is 1. The molecule has 3 rings (SSSR count). The molecule has 8 heteroatoms. The maximum atomic E-state index is 12.9. The molecule has 2 aromatic carbocycles. The minimum atomic E-state index is -3.63. The Morgan fingerprint density at radius 2 is 1.81 bits per heavy atom. The first-order valence-corrected chi connectivity index (χ1v) is 11.9. The largest absolute Gasteiger partial charge is 0.379 e. The molecule has 2 aromatic rings. The predicted octanol–water partition coefficient (Wildman–Crippen LogP) is 2.09. The maximum absolute atomic E-state index is 12.9. The van der Waals surface area contributed by atoms with Crippen LogP contribution in [0.25, 0.3) is 0 Å². The summed E-state index contributed by atoms with van der Waals surface area (Å²) in [6.07, 6.45) is 0. The van der Waals surface area contributed by atoms with Gasteiger partial charge in [0.15, 0.2) is 5.78 Å². The molecule has 1 atom stereocenters. The van der Waals surface area contributed by atoms with Crippen LogP contribution >= 0.6 is 0 Å². The maximum Gasteiger partial charge on any atom is 0.243 e.